The van der Waals surface area contributed by atoms with Gasteiger partial charge < -0.3 is 9.47 Å². The van der Waals surface area contributed by atoms with E-state index in [4.69, 9.17) is 9.47 Å². The molecule has 1 unspecified atom stereocenters. The van der Waals surface area contributed by atoms with Gasteiger partial charge in [0, 0.05) is 45.0 Å². The van der Waals surface area contributed by atoms with E-state index in [1.54, 1.807) is 53.8 Å². The maximum Gasteiger partial charge on any atom is 0.194 e. The molecule has 2 heterocycles. The molecule has 4 nitrogen and oxygen atoms in total. The molecule has 136 valence electrons. The van der Waals surface area contributed by atoms with E-state index in [0.717, 1.165) is 11.5 Å². The molecule has 2 aliphatic rings. The first-order valence-electron chi connectivity index (χ1n) is 8.88. The Kier molecular flexibility index (Phi) is 4.00. The summed E-state index contributed by atoms with van der Waals surface area (Å²) in [5.74, 6) is 7.46. The monoisotopic (exact) mass is 386 g/mol. The first-order chi connectivity index (χ1) is 13.7. The van der Waals surface area contributed by atoms with Crippen LogP contribution in [0.15, 0.2) is 53.2 Å². The third-order valence-electron chi connectivity index (χ3n) is 4.80. The Morgan fingerprint density at radius 3 is 2.46 bits per heavy atom. The molecule has 5 heteroatoms. The Morgan fingerprint density at radius 1 is 0.929 bits per heavy atom. The fourth-order valence-electron chi connectivity index (χ4n) is 3.41. The van der Waals surface area contributed by atoms with Gasteiger partial charge in [-0.3, -0.25) is 9.59 Å². The second-order valence-corrected chi connectivity index (χ2v) is 7.36. The maximum absolute atomic E-state index is 12.8. The lowest BCUT2D eigenvalue weighted by atomic mass is 9.83. The van der Waals surface area contributed by atoms with Crippen LogP contribution in [0.2, 0.25) is 0 Å². The first kappa shape index (κ1) is 16.8. The van der Waals surface area contributed by atoms with Crippen molar-refractivity contribution in [2.75, 3.05) is 6.61 Å². The van der Waals surface area contributed by atoms with Crippen molar-refractivity contribution < 1.29 is 19.1 Å². The molecule has 0 saturated heterocycles. The number of rotatable bonds is 1. The topological polar surface area (TPSA) is 52.6 Å². The molecule has 2 aromatic carbocycles. The molecule has 1 aliphatic carbocycles. The van der Waals surface area contributed by atoms with E-state index in [1.807, 2.05) is 10.8 Å². The van der Waals surface area contributed by atoms with Gasteiger partial charge in [-0.2, -0.15) is 0 Å². The molecule has 0 radical (unpaired) electrons. The van der Waals surface area contributed by atoms with E-state index in [9.17, 15) is 9.59 Å². The third-order valence-corrected chi connectivity index (χ3v) is 5.50. The molecule has 28 heavy (non-hydrogen) atoms. The summed E-state index contributed by atoms with van der Waals surface area (Å²) in [6, 6.07) is 12.1. The van der Waals surface area contributed by atoms with Crippen LogP contribution in [0, 0.1) is 11.8 Å². The van der Waals surface area contributed by atoms with Crippen molar-refractivity contribution >= 4 is 22.9 Å². The molecule has 1 atom stereocenters. The van der Waals surface area contributed by atoms with E-state index >= 15 is 0 Å². The van der Waals surface area contributed by atoms with Gasteiger partial charge in [0.05, 0.1) is 0 Å². The minimum absolute atomic E-state index is 0.121. The molecule has 0 N–H and O–H groups in total. The van der Waals surface area contributed by atoms with Gasteiger partial charge in [-0.05, 0) is 18.2 Å². The zero-order chi connectivity index (χ0) is 19.1. The maximum atomic E-state index is 12.8. The Labute approximate surface area is 165 Å². The lowest BCUT2D eigenvalue weighted by molar-refractivity contribution is 0.0960. The second kappa shape index (κ2) is 6.66. The number of ether oxygens (including phenoxy) is 2. The van der Waals surface area contributed by atoms with Crippen LogP contribution in [-0.4, -0.2) is 24.3 Å². The number of hydrogen-bond donors (Lipinski definition) is 0. The zero-order valence-electron chi connectivity index (χ0n) is 14.7. The Morgan fingerprint density at radius 2 is 1.64 bits per heavy atom. The number of carbonyl (C=O) groups is 2. The summed E-state index contributed by atoms with van der Waals surface area (Å²) in [7, 11) is 0. The fraction of sp³-hybridized carbons (Fsp3) is 0.130. The number of ketones is 2. The normalized spacial score (nSPS) is 16.6. The highest BCUT2D eigenvalue weighted by molar-refractivity contribution is 7.08. The molecule has 1 aliphatic heterocycles. The van der Waals surface area contributed by atoms with Crippen molar-refractivity contribution in [3.63, 3.8) is 0 Å². The highest BCUT2D eigenvalue weighted by Crippen LogP contribution is 2.35. The Hall–Kier alpha value is -3.36. The van der Waals surface area contributed by atoms with Gasteiger partial charge in [-0.15, -0.1) is 11.3 Å². The number of hydrogen-bond acceptors (Lipinski definition) is 5. The summed E-state index contributed by atoms with van der Waals surface area (Å²) in [4.78, 5) is 25.4. The standard InChI is InChI=1S/C23H14O4S/c24-22-16-6-1-2-7-17(16)23(25)19-10-14(8-9-18(19)22)4-3-5-15-11-26-20-12-28-13-21(20)27-15/h1-2,6-10,12-13,15H,5,11H2. The Balaban J connectivity index is 1.37. The van der Waals surface area contributed by atoms with Crippen molar-refractivity contribution in [1.29, 1.82) is 0 Å². The summed E-state index contributed by atoms with van der Waals surface area (Å²) in [6.45, 7) is 0.465. The van der Waals surface area contributed by atoms with E-state index < -0.39 is 0 Å². The summed E-state index contributed by atoms with van der Waals surface area (Å²) in [5, 5.41) is 3.83. The predicted molar refractivity (Wildman–Crippen MR) is 105 cm³/mol. The average Bonchev–Trinajstić information content (AvgIpc) is 3.20. The highest BCUT2D eigenvalue weighted by atomic mass is 32.1. The third kappa shape index (κ3) is 2.79. The first-order valence-corrected chi connectivity index (χ1v) is 9.82. The van der Waals surface area contributed by atoms with Crippen molar-refractivity contribution in [2.24, 2.45) is 0 Å². The quantitative estimate of drug-likeness (QED) is 0.462. The minimum atomic E-state index is -0.136. The molecule has 0 fully saturated rings. The highest BCUT2D eigenvalue weighted by Gasteiger charge is 2.29. The van der Waals surface area contributed by atoms with Gasteiger partial charge in [0.2, 0.25) is 0 Å². The molecular formula is C23H14O4S. The summed E-state index contributed by atoms with van der Waals surface area (Å²) < 4.78 is 11.5. The summed E-state index contributed by atoms with van der Waals surface area (Å²) in [5.41, 5.74) is 2.46. The summed E-state index contributed by atoms with van der Waals surface area (Å²) >= 11 is 1.54. The van der Waals surface area contributed by atoms with E-state index in [1.165, 1.54) is 0 Å². The average molecular weight is 386 g/mol. The number of fused-ring (bicyclic) bond motifs is 3. The molecule has 0 amide bonds. The molecule has 0 spiro atoms. The van der Waals surface area contributed by atoms with Gasteiger partial charge in [0.15, 0.2) is 23.1 Å². The van der Waals surface area contributed by atoms with Crippen LogP contribution in [-0.2, 0) is 0 Å². The molecule has 5 rings (SSSR count). The summed E-state index contributed by atoms with van der Waals surface area (Å²) in [6.07, 6.45) is 0.393. The van der Waals surface area contributed by atoms with Crippen molar-refractivity contribution in [3.05, 3.63) is 81.0 Å². The molecule has 0 bridgehead atoms. The second-order valence-electron chi connectivity index (χ2n) is 6.62. The molecule has 1 aromatic heterocycles. The van der Waals surface area contributed by atoms with Gasteiger partial charge in [0.1, 0.15) is 12.7 Å². The van der Waals surface area contributed by atoms with Gasteiger partial charge in [-0.1, -0.05) is 36.1 Å². The lowest BCUT2D eigenvalue weighted by Gasteiger charge is -2.22. The molecular weight excluding hydrogens is 372 g/mol. The van der Waals surface area contributed by atoms with Crippen LogP contribution in [0.1, 0.15) is 43.8 Å². The molecule has 3 aromatic rings. The van der Waals surface area contributed by atoms with Crippen molar-refractivity contribution in [3.8, 4) is 23.3 Å². The zero-order valence-corrected chi connectivity index (χ0v) is 15.5. The van der Waals surface area contributed by atoms with E-state index in [-0.39, 0.29) is 17.7 Å². The SMILES string of the molecule is O=C1c2ccccc2C(=O)c2cc(C#CCC3COc4cscc4O3)ccc21. The molecule has 0 saturated carbocycles. The van der Waals surface area contributed by atoms with Crippen LogP contribution >= 0.6 is 11.3 Å². The van der Waals surface area contributed by atoms with Crippen molar-refractivity contribution in [2.45, 2.75) is 12.5 Å². The Bertz CT molecular complexity index is 1180. The van der Waals surface area contributed by atoms with Gasteiger partial charge in [-0.25, -0.2) is 0 Å². The largest absolute Gasteiger partial charge is 0.485 e. The van der Waals surface area contributed by atoms with Crippen LogP contribution < -0.4 is 9.47 Å². The van der Waals surface area contributed by atoms with E-state index in [0.29, 0.717) is 40.8 Å². The van der Waals surface area contributed by atoms with Crippen LogP contribution in [0.4, 0.5) is 0 Å². The predicted octanol–water partition coefficient (Wildman–Crippen LogP) is 4.11. The minimum Gasteiger partial charge on any atom is -0.485 e. The van der Waals surface area contributed by atoms with Crippen LogP contribution in [0.25, 0.3) is 0 Å². The number of thiophene rings is 1. The fourth-order valence-corrected chi connectivity index (χ4v) is 4.08. The number of carbonyl (C=O) groups excluding carboxylic acids is 2. The van der Waals surface area contributed by atoms with Crippen LogP contribution in [0.5, 0.6) is 11.5 Å². The smallest absolute Gasteiger partial charge is 0.194 e. The van der Waals surface area contributed by atoms with E-state index in [2.05, 4.69) is 11.8 Å². The van der Waals surface area contributed by atoms with Crippen molar-refractivity contribution in [1.82, 2.24) is 0 Å². The van der Waals surface area contributed by atoms with Gasteiger partial charge in [0.25, 0.3) is 0 Å². The van der Waals surface area contributed by atoms with Crippen LogP contribution in [0.3, 0.4) is 0 Å². The number of benzene rings is 2. The van der Waals surface area contributed by atoms with Gasteiger partial charge >= 0.3 is 0 Å². The lowest BCUT2D eigenvalue weighted by Crippen LogP contribution is -2.27.